The van der Waals surface area contributed by atoms with Crippen LogP contribution in [0.2, 0.25) is 0 Å². The molecule has 1 aliphatic heterocycles. The summed E-state index contributed by atoms with van der Waals surface area (Å²) in [5, 5.41) is 7.54. The van der Waals surface area contributed by atoms with Crippen LogP contribution >= 0.6 is 12.4 Å². The minimum Gasteiger partial charge on any atom is -0.314 e. The first-order chi connectivity index (χ1) is 8.53. The first-order valence-corrected chi connectivity index (χ1v) is 7.78. The number of hydrogen-bond donors (Lipinski definition) is 2. The van der Waals surface area contributed by atoms with Gasteiger partial charge >= 0.3 is 0 Å². The maximum Gasteiger partial charge on any atom is 0.257 e. The van der Waals surface area contributed by atoms with E-state index in [1.54, 1.807) is 0 Å². The molecule has 0 aromatic carbocycles. The van der Waals surface area contributed by atoms with E-state index in [9.17, 15) is 8.42 Å². The predicted octanol–water partition coefficient (Wildman–Crippen LogP) is 0.744. The Morgan fingerprint density at radius 1 is 1.58 bits per heavy atom. The maximum atomic E-state index is 12.3. The summed E-state index contributed by atoms with van der Waals surface area (Å²) in [6, 6.07) is 1.89. The van der Waals surface area contributed by atoms with Gasteiger partial charge < -0.3 is 5.32 Å². The van der Waals surface area contributed by atoms with E-state index in [4.69, 9.17) is 0 Å². The zero-order chi connectivity index (χ0) is 13.2. The smallest absolute Gasteiger partial charge is 0.257 e. The van der Waals surface area contributed by atoms with E-state index in [0.717, 1.165) is 19.4 Å². The van der Waals surface area contributed by atoms with E-state index in [0.29, 0.717) is 12.6 Å². The third-order valence-corrected chi connectivity index (χ3v) is 4.74. The van der Waals surface area contributed by atoms with Crippen LogP contribution in [0.25, 0.3) is 0 Å². The van der Waals surface area contributed by atoms with Gasteiger partial charge in [-0.15, -0.1) is 12.4 Å². The molecule has 0 saturated carbocycles. The third kappa shape index (κ3) is 3.92. The largest absolute Gasteiger partial charge is 0.314 e. The molecule has 0 amide bonds. The van der Waals surface area contributed by atoms with Crippen molar-refractivity contribution in [2.75, 3.05) is 6.54 Å². The summed E-state index contributed by atoms with van der Waals surface area (Å²) < 4.78 is 28.8. The number of nitrogens with one attached hydrogen (secondary N) is 2. The van der Waals surface area contributed by atoms with Crippen molar-refractivity contribution in [2.24, 2.45) is 0 Å². The van der Waals surface area contributed by atoms with Crippen LogP contribution in [0, 0.1) is 0 Å². The van der Waals surface area contributed by atoms with Gasteiger partial charge in [0, 0.05) is 18.6 Å². The quantitative estimate of drug-likeness (QED) is 0.860. The van der Waals surface area contributed by atoms with E-state index in [1.807, 2.05) is 6.92 Å². The number of aromatic nitrogens is 2. The fourth-order valence-electron chi connectivity index (χ4n) is 2.31. The summed E-state index contributed by atoms with van der Waals surface area (Å²) in [7, 11) is -3.46. The van der Waals surface area contributed by atoms with Gasteiger partial charge in [-0.05, 0) is 39.3 Å². The summed E-state index contributed by atoms with van der Waals surface area (Å²) >= 11 is 0. The summed E-state index contributed by atoms with van der Waals surface area (Å²) in [5.74, 6) is 0. The molecule has 1 aromatic heterocycles. The van der Waals surface area contributed by atoms with Crippen molar-refractivity contribution >= 4 is 22.4 Å². The topological polar surface area (TPSA) is 76.0 Å². The fourth-order valence-corrected chi connectivity index (χ4v) is 3.77. The maximum absolute atomic E-state index is 12.3. The molecule has 8 heteroatoms. The van der Waals surface area contributed by atoms with Crippen molar-refractivity contribution in [3.63, 3.8) is 0 Å². The van der Waals surface area contributed by atoms with E-state index in [1.165, 1.54) is 16.9 Å². The van der Waals surface area contributed by atoms with E-state index in [2.05, 4.69) is 22.1 Å². The van der Waals surface area contributed by atoms with Crippen LogP contribution in [0.15, 0.2) is 17.3 Å². The fraction of sp³-hybridized carbons (Fsp3) is 0.727. The lowest BCUT2D eigenvalue weighted by Gasteiger charge is -2.28. The standard InChI is InChI=1S/C11H20N4O2S.ClH/c1-3-15-11(5-7-13-15)18(16,17)14-10-4-6-12-9(2)8-10;/h5,7,9-10,12,14H,3-4,6,8H2,1-2H3;1H. The second kappa shape index (κ2) is 6.69. The van der Waals surface area contributed by atoms with Gasteiger partial charge in [-0.1, -0.05) is 0 Å². The van der Waals surface area contributed by atoms with E-state index in [-0.39, 0.29) is 23.5 Å². The van der Waals surface area contributed by atoms with Gasteiger partial charge in [-0.3, -0.25) is 4.68 Å². The highest BCUT2D eigenvalue weighted by Gasteiger charge is 2.26. The van der Waals surface area contributed by atoms with Crippen molar-refractivity contribution in [3.05, 3.63) is 12.3 Å². The molecule has 1 aromatic rings. The Labute approximate surface area is 120 Å². The van der Waals surface area contributed by atoms with Gasteiger partial charge in [0.2, 0.25) is 0 Å². The molecule has 2 unspecified atom stereocenters. The van der Waals surface area contributed by atoms with E-state index >= 15 is 0 Å². The van der Waals surface area contributed by atoms with Crippen LogP contribution in [-0.4, -0.2) is 36.8 Å². The minimum absolute atomic E-state index is 0. The lowest BCUT2D eigenvalue weighted by atomic mass is 10.0. The molecule has 0 spiro atoms. The number of halogens is 1. The molecule has 1 saturated heterocycles. The summed E-state index contributed by atoms with van der Waals surface area (Å²) in [6.07, 6.45) is 3.16. The Hall–Kier alpha value is -0.630. The molecule has 0 radical (unpaired) electrons. The van der Waals surface area contributed by atoms with Crippen LogP contribution in [0.5, 0.6) is 0 Å². The van der Waals surface area contributed by atoms with Gasteiger partial charge in [-0.2, -0.15) is 5.10 Å². The normalized spacial score (nSPS) is 23.9. The lowest BCUT2D eigenvalue weighted by molar-refractivity contribution is 0.360. The molecular formula is C11H21ClN4O2S. The highest BCUT2D eigenvalue weighted by molar-refractivity contribution is 7.89. The molecule has 0 aliphatic carbocycles. The monoisotopic (exact) mass is 308 g/mol. The van der Waals surface area contributed by atoms with E-state index < -0.39 is 10.0 Å². The highest BCUT2D eigenvalue weighted by Crippen LogP contribution is 2.13. The Kier molecular flexibility index (Phi) is 5.79. The zero-order valence-electron chi connectivity index (χ0n) is 11.2. The van der Waals surface area contributed by atoms with Gasteiger partial charge in [-0.25, -0.2) is 13.1 Å². The Morgan fingerprint density at radius 3 is 2.95 bits per heavy atom. The van der Waals surface area contributed by atoms with Crippen LogP contribution in [-0.2, 0) is 16.6 Å². The Bertz CT molecular complexity index is 503. The van der Waals surface area contributed by atoms with Crippen molar-refractivity contribution in [2.45, 2.75) is 50.3 Å². The number of sulfonamides is 1. The summed E-state index contributed by atoms with van der Waals surface area (Å²) in [4.78, 5) is 0. The average Bonchev–Trinajstić information content (AvgIpc) is 2.77. The van der Waals surface area contributed by atoms with Crippen molar-refractivity contribution in [1.82, 2.24) is 19.8 Å². The van der Waals surface area contributed by atoms with Crippen LogP contribution in [0.4, 0.5) is 0 Å². The predicted molar refractivity (Wildman–Crippen MR) is 76.0 cm³/mol. The molecule has 110 valence electrons. The number of hydrogen-bond acceptors (Lipinski definition) is 4. The molecule has 0 bridgehead atoms. The summed E-state index contributed by atoms with van der Waals surface area (Å²) in [5.41, 5.74) is 0. The number of rotatable bonds is 4. The number of piperidine rings is 1. The molecule has 2 rings (SSSR count). The van der Waals surface area contributed by atoms with Crippen molar-refractivity contribution < 1.29 is 8.42 Å². The minimum atomic E-state index is -3.46. The average molecular weight is 309 g/mol. The molecule has 2 atom stereocenters. The second-order valence-electron chi connectivity index (χ2n) is 4.68. The van der Waals surface area contributed by atoms with Crippen molar-refractivity contribution in [3.8, 4) is 0 Å². The molecule has 1 fully saturated rings. The van der Waals surface area contributed by atoms with Gasteiger partial charge in [0.25, 0.3) is 10.0 Å². The first-order valence-electron chi connectivity index (χ1n) is 6.30. The van der Waals surface area contributed by atoms with Crippen molar-refractivity contribution in [1.29, 1.82) is 0 Å². The third-order valence-electron chi connectivity index (χ3n) is 3.20. The Balaban J connectivity index is 0.00000180. The van der Waals surface area contributed by atoms with Gasteiger partial charge in [0.05, 0.1) is 6.20 Å². The number of nitrogens with zero attached hydrogens (tertiary/aromatic N) is 2. The Morgan fingerprint density at radius 2 is 2.32 bits per heavy atom. The molecule has 1 aliphatic rings. The zero-order valence-corrected chi connectivity index (χ0v) is 12.8. The lowest BCUT2D eigenvalue weighted by Crippen LogP contribution is -2.46. The SMILES string of the molecule is CCn1nccc1S(=O)(=O)NC1CCNC(C)C1.Cl. The first kappa shape index (κ1) is 16.4. The summed E-state index contributed by atoms with van der Waals surface area (Å²) in [6.45, 7) is 5.34. The van der Waals surface area contributed by atoms with Gasteiger partial charge in [0.15, 0.2) is 5.03 Å². The van der Waals surface area contributed by atoms with Crippen LogP contribution < -0.4 is 10.0 Å². The number of aryl methyl sites for hydroxylation is 1. The van der Waals surface area contributed by atoms with Gasteiger partial charge in [0.1, 0.15) is 0 Å². The van der Waals surface area contributed by atoms with Crippen LogP contribution in [0.3, 0.4) is 0 Å². The molecule has 2 heterocycles. The molecular weight excluding hydrogens is 288 g/mol. The second-order valence-corrected chi connectivity index (χ2v) is 6.34. The molecule has 19 heavy (non-hydrogen) atoms. The molecule has 2 N–H and O–H groups in total. The van der Waals surface area contributed by atoms with Crippen LogP contribution in [0.1, 0.15) is 26.7 Å². The molecule has 6 nitrogen and oxygen atoms in total. The highest BCUT2D eigenvalue weighted by atomic mass is 35.5.